The summed E-state index contributed by atoms with van der Waals surface area (Å²) in [5, 5.41) is 4.70. The molecule has 0 spiro atoms. The summed E-state index contributed by atoms with van der Waals surface area (Å²) in [6.45, 7) is 0. The molecule has 10 rings (SSSR count). The van der Waals surface area contributed by atoms with E-state index in [2.05, 4.69) is 167 Å². The van der Waals surface area contributed by atoms with Gasteiger partial charge < -0.3 is 9.13 Å². The summed E-state index contributed by atoms with van der Waals surface area (Å²) in [5.74, 6) is -0.267. The molecule has 51 heavy (non-hydrogen) atoms. The molecule has 10 aromatic rings. The van der Waals surface area contributed by atoms with Crippen molar-refractivity contribution in [1.82, 2.24) is 9.13 Å². The van der Waals surface area contributed by atoms with Crippen molar-refractivity contribution < 1.29 is 4.39 Å². The van der Waals surface area contributed by atoms with E-state index in [0.29, 0.717) is 0 Å². The van der Waals surface area contributed by atoms with Crippen molar-refractivity contribution in [2.75, 3.05) is 0 Å². The van der Waals surface area contributed by atoms with Gasteiger partial charge in [0.05, 0.1) is 22.1 Å². The molecule has 0 atom stereocenters. The standard InChI is InChI=1S/C48H31FN2/c49-38-27-37(34-21-19-33(20-22-34)32-11-3-1-4-12-32)28-40(31-38)51-45-17-9-7-15-41(45)43-25-23-36(30-48(43)51)35-24-26-47-44(29-35)42-16-8-10-18-46(42)50(47)39-13-5-2-6-14-39/h1-31H. The molecule has 0 unspecified atom stereocenters. The Balaban J connectivity index is 1.13. The largest absolute Gasteiger partial charge is 0.309 e. The van der Waals surface area contributed by atoms with E-state index in [-0.39, 0.29) is 5.82 Å². The van der Waals surface area contributed by atoms with Crippen LogP contribution >= 0.6 is 0 Å². The Labute approximate surface area is 294 Å². The van der Waals surface area contributed by atoms with Gasteiger partial charge in [0.25, 0.3) is 0 Å². The summed E-state index contributed by atoms with van der Waals surface area (Å²) >= 11 is 0. The summed E-state index contributed by atoms with van der Waals surface area (Å²) < 4.78 is 20.1. The molecule has 0 aliphatic rings. The van der Waals surface area contributed by atoms with Crippen LogP contribution in [0.5, 0.6) is 0 Å². The summed E-state index contributed by atoms with van der Waals surface area (Å²) in [6, 6.07) is 65.1. The Kier molecular flexibility index (Phi) is 6.71. The molecule has 8 aromatic carbocycles. The fraction of sp³-hybridized carbons (Fsp3) is 0. The monoisotopic (exact) mass is 654 g/mol. The van der Waals surface area contributed by atoms with Gasteiger partial charge in [-0.3, -0.25) is 0 Å². The van der Waals surface area contributed by atoms with Gasteiger partial charge in [-0.2, -0.15) is 0 Å². The second kappa shape index (κ2) is 11.7. The third-order valence-corrected chi connectivity index (χ3v) is 10.2. The van der Waals surface area contributed by atoms with Crippen molar-refractivity contribution in [2.24, 2.45) is 0 Å². The van der Waals surface area contributed by atoms with Gasteiger partial charge in [-0.25, -0.2) is 4.39 Å². The third-order valence-electron chi connectivity index (χ3n) is 10.2. The van der Waals surface area contributed by atoms with Crippen molar-refractivity contribution in [3.63, 3.8) is 0 Å². The molecule has 0 aliphatic heterocycles. The summed E-state index contributed by atoms with van der Waals surface area (Å²) in [5.41, 5.74) is 12.7. The van der Waals surface area contributed by atoms with E-state index in [1.807, 2.05) is 18.2 Å². The molecule has 0 saturated carbocycles. The van der Waals surface area contributed by atoms with E-state index >= 15 is 4.39 Å². The number of halogens is 1. The number of benzene rings is 8. The van der Waals surface area contributed by atoms with Crippen LogP contribution in [0.4, 0.5) is 4.39 Å². The van der Waals surface area contributed by atoms with Crippen LogP contribution in [0.3, 0.4) is 0 Å². The van der Waals surface area contributed by atoms with Crippen molar-refractivity contribution in [3.05, 3.63) is 194 Å². The SMILES string of the molecule is Fc1cc(-c2ccc(-c3ccccc3)cc2)cc(-n2c3ccccc3c3ccc(-c4ccc5c(c4)c4ccccc4n5-c4ccccc4)cc32)c1. The minimum atomic E-state index is -0.267. The zero-order chi connectivity index (χ0) is 33.9. The molecule has 0 saturated heterocycles. The molecule has 0 fully saturated rings. The fourth-order valence-corrected chi connectivity index (χ4v) is 7.79. The number of fused-ring (bicyclic) bond motifs is 6. The molecule has 2 aromatic heterocycles. The second-order valence-corrected chi connectivity index (χ2v) is 13.1. The molecule has 0 bridgehead atoms. The predicted molar refractivity (Wildman–Crippen MR) is 211 cm³/mol. The first-order valence-electron chi connectivity index (χ1n) is 17.3. The molecular weight excluding hydrogens is 624 g/mol. The first-order chi connectivity index (χ1) is 25.2. The number of hydrogen-bond acceptors (Lipinski definition) is 0. The van der Waals surface area contributed by atoms with Gasteiger partial charge in [0.15, 0.2) is 0 Å². The molecule has 240 valence electrons. The highest BCUT2D eigenvalue weighted by Gasteiger charge is 2.17. The first kappa shape index (κ1) is 29.2. The molecular formula is C48H31FN2. The lowest BCUT2D eigenvalue weighted by atomic mass is 10.00. The summed E-state index contributed by atoms with van der Waals surface area (Å²) in [6.07, 6.45) is 0. The van der Waals surface area contributed by atoms with Gasteiger partial charge in [-0.15, -0.1) is 0 Å². The number of para-hydroxylation sites is 3. The Hall–Kier alpha value is -6.71. The van der Waals surface area contributed by atoms with Crippen LogP contribution in [0.2, 0.25) is 0 Å². The highest BCUT2D eigenvalue weighted by Crippen LogP contribution is 2.39. The maximum atomic E-state index is 15.6. The van der Waals surface area contributed by atoms with Gasteiger partial charge in [-0.1, -0.05) is 127 Å². The van der Waals surface area contributed by atoms with Crippen LogP contribution in [-0.2, 0) is 0 Å². The van der Waals surface area contributed by atoms with Gasteiger partial charge in [0.2, 0.25) is 0 Å². The Morgan fingerprint density at radius 2 is 0.765 bits per heavy atom. The number of rotatable bonds is 5. The van der Waals surface area contributed by atoms with E-state index in [1.54, 1.807) is 12.1 Å². The van der Waals surface area contributed by atoms with Crippen LogP contribution in [0.25, 0.3) is 88.4 Å². The van der Waals surface area contributed by atoms with Gasteiger partial charge in [-0.05, 0) is 94.0 Å². The fourth-order valence-electron chi connectivity index (χ4n) is 7.79. The minimum Gasteiger partial charge on any atom is -0.309 e. The smallest absolute Gasteiger partial charge is 0.125 e. The average Bonchev–Trinajstić information content (AvgIpc) is 3.70. The molecule has 0 aliphatic carbocycles. The maximum absolute atomic E-state index is 15.6. The Morgan fingerprint density at radius 3 is 1.49 bits per heavy atom. The van der Waals surface area contributed by atoms with E-state index in [4.69, 9.17) is 0 Å². The van der Waals surface area contributed by atoms with Crippen molar-refractivity contribution >= 4 is 43.6 Å². The molecule has 2 nitrogen and oxygen atoms in total. The summed E-state index contributed by atoms with van der Waals surface area (Å²) in [4.78, 5) is 0. The molecule has 2 heterocycles. The second-order valence-electron chi connectivity index (χ2n) is 13.1. The summed E-state index contributed by atoms with van der Waals surface area (Å²) in [7, 11) is 0. The van der Waals surface area contributed by atoms with Crippen molar-refractivity contribution in [3.8, 4) is 44.8 Å². The van der Waals surface area contributed by atoms with Crippen LogP contribution in [0.15, 0.2) is 188 Å². The first-order valence-corrected chi connectivity index (χ1v) is 17.3. The topological polar surface area (TPSA) is 9.86 Å². The molecule has 0 N–H and O–H groups in total. The van der Waals surface area contributed by atoms with E-state index in [9.17, 15) is 0 Å². The van der Waals surface area contributed by atoms with Crippen molar-refractivity contribution in [2.45, 2.75) is 0 Å². The Bertz CT molecular complexity index is 2900. The zero-order valence-electron chi connectivity index (χ0n) is 27.7. The van der Waals surface area contributed by atoms with E-state index in [0.717, 1.165) is 66.6 Å². The lowest BCUT2D eigenvalue weighted by Gasteiger charge is -2.12. The lowest BCUT2D eigenvalue weighted by molar-refractivity contribution is 0.627. The van der Waals surface area contributed by atoms with Crippen molar-refractivity contribution in [1.29, 1.82) is 0 Å². The van der Waals surface area contributed by atoms with Crippen LogP contribution < -0.4 is 0 Å². The van der Waals surface area contributed by atoms with Gasteiger partial charge >= 0.3 is 0 Å². The van der Waals surface area contributed by atoms with Crippen LogP contribution in [0.1, 0.15) is 0 Å². The minimum absolute atomic E-state index is 0.267. The van der Waals surface area contributed by atoms with Crippen LogP contribution in [-0.4, -0.2) is 9.13 Å². The average molecular weight is 655 g/mol. The highest BCUT2D eigenvalue weighted by atomic mass is 19.1. The molecule has 0 radical (unpaired) electrons. The third kappa shape index (κ3) is 4.86. The number of hydrogen-bond donors (Lipinski definition) is 0. The number of aromatic nitrogens is 2. The van der Waals surface area contributed by atoms with Gasteiger partial charge in [0.1, 0.15) is 5.82 Å². The number of nitrogens with zero attached hydrogens (tertiary/aromatic N) is 2. The molecule has 3 heteroatoms. The normalized spacial score (nSPS) is 11.6. The van der Waals surface area contributed by atoms with E-state index in [1.165, 1.54) is 21.8 Å². The zero-order valence-corrected chi connectivity index (χ0v) is 27.7. The Morgan fingerprint density at radius 1 is 0.275 bits per heavy atom. The highest BCUT2D eigenvalue weighted by molar-refractivity contribution is 6.12. The van der Waals surface area contributed by atoms with Gasteiger partial charge in [0, 0.05) is 32.9 Å². The lowest BCUT2D eigenvalue weighted by Crippen LogP contribution is -1.96. The maximum Gasteiger partial charge on any atom is 0.125 e. The molecule has 0 amide bonds. The van der Waals surface area contributed by atoms with Crippen LogP contribution in [0, 0.1) is 5.82 Å². The van der Waals surface area contributed by atoms with E-state index < -0.39 is 0 Å². The quantitative estimate of drug-likeness (QED) is 0.175. The predicted octanol–water partition coefficient (Wildman–Crippen LogP) is 13.0.